The van der Waals surface area contributed by atoms with Crippen molar-refractivity contribution >= 4 is 27.9 Å². The van der Waals surface area contributed by atoms with Crippen LogP contribution in [0.1, 0.15) is 10.4 Å². The average Bonchev–Trinajstić information content (AvgIpc) is 2.76. The molecule has 2 heterocycles. The van der Waals surface area contributed by atoms with Crippen LogP contribution in [0.25, 0.3) is 21.9 Å². The van der Waals surface area contributed by atoms with Crippen LogP contribution in [0.3, 0.4) is 0 Å². The van der Waals surface area contributed by atoms with Crippen LogP contribution < -0.4 is 0 Å². The van der Waals surface area contributed by atoms with Crippen LogP contribution in [-0.4, -0.2) is 28.0 Å². The number of ether oxygens (including phenoxy) is 1. The quantitative estimate of drug-likeness (QED) is 0.644. The number of benzene rings is 1. The first kappa shape index (κ1) is 9.77. The molecule has 0 unspecified atom stereocenters. The zero-order valence-electron chi connectivity index (χ0n) is 9.10. The van der Waals surface area contributed by atoms with Gasteiger partial charge < -0.3 is 9.72 Å². The minimum atomic E-state index is -0.361. The van der Waals surface area contributed by atoms with Crippen molar-refractivity contribution in [2.45, 2.75) is 0 Å². The van der Waals surface area contributed by atoms with Gasteiger partial charge in [0.15, 0.2) is 0 Å². The molecule has 0 atom stereocenters. The van der Waals surface area contributed by atoms with Crippen LogP contribution in [-0.2, 0) is 4.74 Å². The molecule has 0 radical (unpaired) electrons. The Morgan fingerprint density at radius 3 is 3.12 bits per heavy atom. The fourth-order valence-corrected chi connectivity index (χ4v) is 1.97. The van der Waals surface area contributed by atoms with Crippen LogP contribution in [0.4, 0.5) is 0 Å². The second kappa shape index (κ2) is 3.55. The Kier molecular flexibility index (Phi) is 2.04. The van der Waals surface area contributed by atoms with Crippen LogP contribution in [0.15, 0.2) is 30.7 Å². The summed E-state index contributed by atoms with van der Waals surface area (Å²) >= 11 is 0. The van der Waals surface area contributed by atoms with Crippen molar-refractivity contribution in [1.29, 1.82) is 0 Å². The molecular formula is C12H9N3O2. The van der Waals surface area contributed by atoms with E-state index < -0.39 is 0 Å². The number of rotatable bonds is 1. The minimum absolute atomic E-state index is 0.361. The van der Waals surface area contributed by atoms with Crippen molar-refractivity contribution < 1.29 is 9.53 Å². The normalized spacial score (nSPS) is 10.9. The largest absolute Gasteiger partial charge is 0.465 e. The number of methoxy groups -OCH3 is 1. The molecule has 0 saturated carbocycles. The molecular weight excluding hydrogens is 218 g/mol. The highest BCUT2D eigenvalue weighted by Gasteiger charge is 2.14. The molecule has 0 saturated heterocycles. The monoisotopic (exact) mass is 227 g/mol. The maximum absolute atomic E-state index is 11.7. The molecule has 3 aromatic rings. The number of hydrogen-bond donors (Lipinski definition) is 1. The van der Waals surface area contributed by atoms with E-state index in [-0.39, 0.29) is 5.97 Å². The van der Waals surface area contributed by atoms with Crippen molar-refractivity contribution in [2.75, 3.05) is 7.11 Å². The minimum Gasteiger partial charge on any atom is -0.465 e. The van der Waals surface area contributed by atoms with E-state index in [9.17, 15) is 4.79 Å². The second-order valence-electron chi connectivity index (χ2n) is 3.63. The van der Waals surface area contributed by atoms with Gasteiger partial charge >= 0.3 is 5.97 Å². The number of hydrogen-bond acceptors (Lipinski definition) is 4. The summed E-state index contributed by atoms with van der Waals surface area (Å²) in [5, 5.41) is 1.62. The van der Waals surface area contributed by atoms with Crippen molar-refractivity contribution in [3.05, 3.63) is 36.3 Å². The molecule has 0 bridgehead atoms. The second-order valence-corrected chi connectivity index (χ2v) is 3.63. The van der Waals surface area contributed by atoms with Gasteiger partial charge in [0.25, 0.3) is 0 Å². The molecule has 3 rings (SSSR count). The number of fused-ring (bicyclic) bond motifs is 3. The van der Waals surface area contributed by atoms with E-state index in [0.29, 0.717) is 11.2 Å². The SMILES string of the molecule is COC(=O)c1cccc2[nH]c3ncncc3c12. The molecule has 1 N–H and O–H groups in total. The van der Waals surface area contributed by atoms with E-state index in [2.05, 4.69) is 15.0 Å². The summed E-state index contributed by atoms with van der Waals surface area (Å²) in [4.78, 5) is 22.9. The Hall–Kier alpha value is -2.43. The first-order chi connectivity index (χ1) is 8.31. The van der Waals surface area contributed by atoms with Gasteiger partial charge in [0.05, 0.1) is 12.7 Å². The van der Waals surface area contributed by atoms with Crippen molar-refractivity contribution in [3.63, 3.8) is 0 Å². The van der Waals surface area contributed by atoms with Gasteiger partial charge in [0.2, 0.25) is 0 Å². The third-order valence-electron chi connectivity index (χ3n) is 2.70. The van der Waals surface area contributed by atoms with Crippen molar-refractivity contribution in [3.8, 4) is 0 Å². The van der Waals surface area contributed by atoms with Crippen molar-refractivity contribution in [2.24, 2.45) is 0 Å². The van der Waals surface area contributed by atoms with Gasteiger partial charge in [-0.25, -0.2) is 14.8 Å². The topological polar surface area (TPSA) is 67.9 Å². The number of carbonyl (C=O) groups excluding carboxylic acids is 1. The maximum Gasteiger partial charge on any atom is 0.338 e. The predicted molar refractivity (Wildman–Crippen MR) is 62.7 cm³/mol. The molecule has 0 fully saturated rings. The van der Waals surface area contributed by atoms with Crippen molar-refractivity contribution in [1.82, 2.24) is 15.0 Å². The molecule has 2 aromatic heterocycles. The lowest BCUT2D eigenvalue weighted by Crippen LogP contribution is -2.01. The molecule has 5 nitrogen and oxygen atoms in total. The number of aromatic nitrogens is 3. The van der Waals surface area contributed by atoms with Gasteiger partial charge in [-0.3, -0.25) is 0 Å². The number of nitrogens with one attached hydrogen (secondary N) is 1. The van der Waals surface area contributed by atoms with E-state index in [4.69, 9.17) is 4.74 Å². The fourth-order valence-electron chi connectivity index (χ4n) is 1.97. The molecule has 17 heavy (non-hydrogen) atoms. The summed E-state index contributed by atoms with van der Waals surface area (Å²) in [5.74, 6) is -0.361. The lowest BCUT2D eigenvalue weighted by molar-refractivity contribution is 0.0603. The summed E-state index contributed by atoms with van der Waals surface area (Å²) in [5.41, 5.74) is 2.08. The average molecular weight is 227 g/mol. The number of aromatic amines is 1. The molecule has 5 heteroatoms. The Morgan fingerprint density at radius 2 is 2.29 bits per heavy atom. The predicted octanol–water partition coefficient (Wildman–Crippen LogP) is 1.90. The highest BCUT2D eigenvalue weighted by atomic mass is 16.5. The summed E-state index contributed by atoms with van der Waals surface area (Å²) < 4.78 is 4.77. The maximum atomic E-state index is 11.7. The molecule has 1 aromatic carbocycles. The summed E-state index contributed by atoms with van der Waals surface area (Å²) in [6.45, 7) is 0. The zero-order valence-corrected chi connectivity index (χ0v) is 9.10. The number of nitrogens with zero attached hydrogens (tertiary/aromatic N) is 2. The third-order valence-corrected chi connectivity index (χ3v) is 2.70. The van der Waals surface area contributed by atoms with E-state index in [1.807, 2.05) is 6.07 Å². The van der Waals surface area contributed by atoms with Crippen LogP contribution in [0, 0.1) is 0 Å². The summed E-state index contributed by atoms with van der Waals surface area (Å²) in [6, 6.07) is 5.43. The highest BCUT2D eigenvalue weighted by Crippen LogP contribution is 2.26. The molecule has 0 aliphatic rings. The summed E-state index contributed by atoms with van der Waals surface area (Å²) in [6.07, 6.45) is 3.16. The van der Waals surface area contributed by atoms with Gasteiger partial charge in [-0.1, -0.05) is 6.07 Å². The van der Waals surface area contributed by atoms with E-state index in [1.165, 1.54) is 13.4 Å². The fraction of sp³-hybridized carbons (Fsp3) is 0.0833. The van der Waals surface area contributed by atoms with Gasteiger partial charge in [0, 0.05) is 22.5 Å². The standard InChI is InChI=1S/C12H9N3O2/c1-17-12(16)7-3-2-4-9-10(7)8-5-13-6-14-11(8)15-9/h2-6H,1H3,(H,13,14,15). The van der Waals surface area contributed by atoms with E-state index in [0.717, 1.165) is 16.3 Å². The van der Waals surface area contributed by atoms with Gasteiger partial charge in [0.1, 0.15) is 12.0 Å². The number of H-pyrrole nitrogens is 1. The van der Waals surface area contributed by atoms with E-state index in [1.54, 1.807) is 18.3 Å². The van der Waals surface area contributed by atoms with E-state index >= 15 is 0 Å². The zero-order chi connectivity index (χ0) is 11.8. The Bertz CT molecular complexity index is 718. The number of carbonyl (C=O) groups is 1. The Labute approximate surface area is 96.4 Å². The molecule has 0 aliphatic heterocycles. The number of esters is 1. The lowest BCUT2D eigenvalue weighted by Gasteiger charge is -2.00. The van der Waals surface area contributed by atoms with Gasteiger partial charge in [-0.15, -0.1) is 0 Å². The Morgan fingerprint density at radius 1 is 1.41 bits per heavy atom. The first-order valence-electron chi connectivity index (χ1n) is 5.10. The van der Waals surface area contributed by atoms with Gasteiger partial charge in [-0.2, -0.15) is 0 Å². The van der Waals surface area contributed by atoms with Crippen LogP contribution in [0.2, 0.25) is 0 Å². The van der Waals surface area contributed by atoms with Gasteiger partial charge in [-0.05, 0) is 12.1 Å². The molecule has 0 aliphatic carbocycles. The van der Waals surface area contributed by atoms with Crippen LogP contribution >= 0.6 is 0 Å². The molecule has 0 spiro atoms. The lowest BCUT2D eigenvalue weighted by atomic mass is 10.1. The first-order valence-corrected chi connectivity index (χ1v) is 5.10. The third kappa shape index (κ3) is 1.36. The van der Waals surface area contributed by atoms with Crippen LogP contribution in [0.5, 0.6) is 0 Å². The molecule has 84 valence electrons. The summed E-state index contributed by atoms with van der Waals surface area (Å²) in [7, 11) is 1.37. The highest BCUT2D eigenvalue weighted by molar-refractivity contribution is 6.15. The smallest absolute Gasteiger partial charge is 0.338 e. The Balaban J connectivity index is 2.47. The molecule has 0 amide bonds.